The summed E-state index contributed by atoms with van der Waals surface area (Å²) in [7, 11) is -2.12. The fraction of sp³-hybridized carbons (Fsp3) is 0.417. The van der Waals surface area contributed by atoms with Crippen LogP contribution in [0.2, 0.25) is 0 Å². The molecular formula is C12H13FN2O2S. The Hall–Kier alpha value is -1.45. The van der Waals surface area contributed by atoms with Gasteiger partial charge in [0.25, 0.3) is 0 Å². The number of nitrogens with zero attached hydrogens (tertiary/aromatic N) is 2. The molecule has 0 N–H and O–H groups in total. The van der Waals surface area contributed by atoms with E-state index in [1.54, 1.807) is 6.07 Å². The second-order valence-electron chi connectivity index (χ2n) is 4.48. The zero-order valence-electron chi connectivity index (χ0n) is 9.93. The minimum Gasteiger partial charge on any atom is -0.207 e. The van der Waals surface area contributed by atoms with Gasteiger partial charge < -0.3 is 0 Å². The molecule has 1 aliphatic rings. The standard InChI is InChI=1S/C12H13FN2O2S/c1-15(8-9-2-3-9)18(16,17)11-4-5-12(13)10(6-11)7-14/h4-6,9H,2-3,8H2,1H3. The quantitative estimate of drug-likeness (QED) is 0.835. The zero-order chi connectivity index (χ0) is 13.3. The lowest BCUT2D eigenvalue weighted by atomic mass is 10.2. The molecule has 0 bridgehead atoms. The highest BCUT2D eigenvalue weighted by Gasteiger charge is 2.29. The van der Waals surface area contributed by atoms with Gasteiger partial charge in [0.2, 0.25) is 10.0 Å². The van der Waals surface area contributed by atoms with Crippen molar-refractivity contribution in [1.82, 2.24) is 4.31 Å². The van der Waals surface area contributed by atoms with Crippen LogP contribution in [-0.2, 0) is 10.0 Å². The molecule has 1 aromatic rings. The summed E-state index contributed by atoms with van der Waals surface area (Å²) >= 11 is 0. The fourth-order valence-electron chi connectivity index (χ4n) is 1.69. The van der Waals surface area contributed by atoms with Crippen LogP contribution in [0.5, 0.6) is 0 Å². The van der Waals surface area contributed by atoms with Gasteiger partial charge in [0.15, 0.2) is 0 Å². The molecule has 0 spiro atoms. The minimum absolute atomic E-state index is 0.0383. The third-order valence-electron chi connectivity index (χ3n) is 2.98. The monoisotopic (exact) mass is 268 g/mol. The number of hydrogen-bond acceptors (Lipinski definition) is 3. The molecule has 1 saturated carbocycles. The van der Waals surface area contributed by atoms with Crippen LogP contribution < -0.4 is 0 Å². The maximum absolute atomic E-state index is 13.1. The van der Waals surface area contributed by atoms with Crippen molar-refractivity contribution in [2.75, 3.05) is 13.6 Å². The third kappa shape index (κ3) is 2.52. The predicted octanol–water partition coefficient (Wildman–Crippen LogP) is 1.73. The van der Waals surface area contributed by atoms with Crippen molar-refractivity contribution < 1.29 is 12.8 Å². The van der Waals surface area contributed by atoms with E-state index in [-0.39, 0.29) is 10.5 Å². The topological polar surface area (TPSA) is 61.2 Å². The van der Waals surface area contributed by atoms with Crippen LogP contribution in [0.15, 0.2) is 23.1 Å². The Balaban J connectivity index is 2.31. The maximum atomic E-state index is 13.1. The summed E-state index contributed by atoms with van der Waals surface area (Å²) < 4.78 is 38.7. The Morgan fingerprint density at radius 2 is 2.17 bits per heavy atom. The van der Waals surface area contributed by atoms with Crippen LogP contribution in [0.1, 0.15) is 18.4 Å². The Labute approximate surface area is 106 Å². The van der Waals surface area contributed by atoms with E-state index in [2.05, 4.69) is 0 Å². The second-order valence-corrected chi connectivity index (χ2v) is 6.53. The van der Waals surface area contributed by atoms with Gasteiger partial charge in [0.1, 0.15) is 11.9 Å². The SMILES string of the molecule is CN(CC1CC1)S(=O)(=O)c1ccc(F)c(C#N)c1. The third-order valence-corrected chi connectivity index (χ3v) is 4.80. The molecule has 1 aromatic carbocycles. The molecule has 0 aromatic heterocycles. The number of sulfonamides is 1. The molecule has 0 atom stereocenters. The molecule has 0 radical (unpaired) electrons. The van der Waals surface area contributed by atoms with E-state index in [1.807, 2.05) is 0 Å². The molecule has 4 nitrogen and oxygen atoms in total. The predicted molar refractivity (Wildman–Crippen MR) is 63.7 cm³/mol. The number of halogens is 1. The second kappa shape index (κ2) is 4.67. The van der Waals surface area contributed by atoms with Crippen LogP contribution >= 0.6 is 0 Å². The lowest BCUT2D eigenvalue weighted by molar-refractivity contribution is 0.452. The number of hydrogen-bond donors (Lipinski definition) is 0. The number of benzene rings is 1. The average Bonchev–Trinajstić information content (AvgIpc) is 3.13. The largest absolute Gasteiger partial charge is 0.242 e. The van der Waals surface area contributed by atoms with Crippen LogP contribution in [0, 0.1) is 23.1 Å². The Kier molecular flexibility index (Phi) is 3.37. The van der Waals surface area contributed by atoms with E-state index >= 15 is 0 Å². The molecule has 1 fully saturated rings. The summed E-state index contributed by atoms with van der Waals surface area (Å²) in [6, 6.07) is 4.92. The zero-order valence-corrected chi connectivity index (χ0v) is 10.7. The van der Waals surface area contributed by atoms with E-state index in [9.17, 15) is 12.8 Å². The summed E-state index contributed by atoms with van der Waals surface area (Å²) in [5, 5.41) is 8.70. The van der Waals surface area contributed by atoms with Crippen molar-refractivity contribution in [3.8, 4) is 6.07 Å². The highest BCUT2D eigenvalue weighted by atomic mass is 32.2. The van der Waals surface area contributed by atoms with Crippen LogP contribution in [-0.4, -0.2) is 26.3 Å². The van der Waals surface area contributed by atoms with Gasteiger partial charge in [0, 0.05) is 13.6 Å². The molecule has 0 unspecified atom stereocenters. The summed E-state index contributed by atoms with van der Waals surface area (Å²) in [5.74, 6) is -0.276. The number of nitriles is 1. The van der Waals surface area contributed by atoms with E-state index in [4.69, 9.17) is 5.26 Å². The van der Waals surface area contributed by atoms with Crippen LogP contribution in [0.4, 0.5) is 4.39 Å². The first-order valence-electron chi connectivity index (χ1n) is 5.61. The van der Waals surface area contributed by atoms with Crippen molar-refractivity contribution >= 4 is 10.0 Å². The summed E-state index contributed by atoms with van der Waals surface area (Å²) in [6.45, 7) is 0.474. The van der Waals surface area contributed by atoms with Crippen molar-refractivity contribution in [2.24, 2.45) is 5.92 Å². The molecular weight excluding hydrogens is 255 g/mol. The molecule has 6 heteroatoms. The maximum Gasteiger partial charge on any atom is 0.242 e. The van der Waals surface area contributed by atoms with Gasteiger partial charge >= 0.3 is 0 Å². The Morgan fingerprint density at radius 3 is 2.72 bits per heavy atom. The van der Waals surface area contributed by atoms with Crippen molar-refractivity contribution in [2.45, 2.75) is 17.7 Å². The van der Waals surface area contributed by atoms with Gasteiger partial charge in [0.05, 0.1) is 10.5 Å². The molecule has 0 amide bonds. The van der Waals surface area contributed by atoms with Gasteiger partial charge in [-0.2, -0.15) is 5.26 Å². The first kappa shape index (κ1) is 13.0. The van der Waals surface area contributed by atoms with E-state index in [0.29, 0.717) is 12.5 Å². The highest BCUT2D eigenvalue weighted by Crippen LogP contribution is 2.31. The smallest absolute Gasteiger partial charge is 0.207 e. The first-order chi connectivity index (χ1) is 8.45. The lowest BCUT2D eigenvalue weighted by Gasteiger charge is -2.16. The molecule has 96 valence electrons. The van der Waals surface area contributed by atoms with E-state index < -0.39 is 15.8 Å². The molecule has 18 heavy (non-hydrogen) atoms. The molecule has 0 aliphatic heterocycles. The Morgan fingerprint density at radius 1 is 1.50 bits per heavy atom. The van der Waals surface area contributed by atoms with Crippen LogP contribution in [0.25, 0.3) is 0 Å². The summed E-state index contributed by atoms with van der Waals surface area (Å²) in [5.41, 5.74) is -0.254. The van der Waals surface area contributed by atoms with Gasteiger partial charge in [-0.3, -0.25) is 0 Å². The molecule has 0 heterocycles. The number of rotatable bonds is 4. The fourth-order valence-corrected chi connectivity index (χ4v) is 2.97. The van der Waals surface area contributed by atoms with Gasteiger partial charge in [-0.1, -0.05) is 0 Å². The van der Waals surface area contributed by atoms with Crippen LogP contribution in [0.3, 0.4) is 0 Å². The highest BCUT2D eigenvalue weighted by molar-refractivity contribution is 7.89. The first-order valence-corrected chi connectivity index (χ1v) is 7.05. The van der Waals surface area contributed by atoms with Gasteiger partial charge in [-0.25, -0.2) is 17.1 Å². The molecule has 0 saturated heterocycles. The van der Waals surface area contributed by atoms with E-state index in [0.717, 1.165) is 25.0 Å². The normalized spacial score (nSPS) is 15.7. The van der Waals surface area contributed by atoms with Gasteiger partial charge in [-0.05, 0) is 37.0 Å². The average molecular weight is 268 g/mol. The van der Waals surface area contributed by atoms with Gasteiger partial charge in [-0.15, -0.1) is 0 Å². The summed E-state index contributed by atoms with van der Waals surface area (Å²) in [4.78, 5) is -0.0383. The molecule has 2 rings (SSSR count). The summed E-state index contributed by atoms with van der Waals surface area (Å²) in [6.07, 6.45) is 2.10. The Bertz CT molecular complexity index is 603. The van der Waals surface area contributed by atoms with Crippen molar-refractivity contribution in [3.63, 3.8) is 0 Å². The van der Waals surface area contributed by atoms with E-state index in [1.165, 1.54) is 17.4 Å². The van der Waals surface area contributed by atoms with Crippen molar-refractivity contribution in [1.29, 1.82) is 5.26 Å². The lowest BCUT2D eigenvalue weighted by Crippen LogP contribution is -2.29. The van der Waals surface area contributed by atoms with Crippen molar-refractivity contribution in [3.05, 3.63) is 29.6 Å². The molecule has 1 aliphatic carbocycles. The minimum atomic E-state index is -3.63.